The Morgan fingerprint density at radius 2 is 2.42 bits per heavy atom. The van der Waals surface area contributed by atoms with Crippen molar-refractivity contribution in [2.75, 3.05) is 5.32 Å². The highest BCUT2D eigenvalue weighted by molar-refractivity contribution is 5.88. The van der Waals surface area contributed by atoms with Crippen LogP contribution in [0.25, 0.3) is 0 Å². The molecule has 1 aromatic rings. The quantitative estimate of drug-likeness (QED) is 0.699. The fourth-order valence-corrected chi connectivity index (χ4v) is 0.692. The molecule has 0 fully saturated rings. The van der Waals surface area contributed by atoms with E-state index in [0.717, 1.165) is 0 Å². The first-order valence-corrected chi connectivity index (χ1v) is 3.66. The van der Waals surface area contributed by atoms with E-state index in [1.54, 1.807) is 6.07 Å². The van der Waals surface area contributed by atoms with Crippen LogP contribution in [0.4, 0.5) is 10.6 Å². The number of nitrogens with one attached hydrogen (secondary N) is 2. The Morgan fingerprint density at radius 3 is 2.92 bits per heavy atom. The van der Waals surface area contributed by atoms with E-state index in [9.17, 15) is 4.79 Å². The predicted octanol–water partition coefficient (Wildman–Crippen LogP) is 1.20. The summed E-state index contributed by atoms with van der Waals surface area (Å²) in [7, 11) is 0. The molecule has 0 aliphatic carbocycles. The van der Waals surface area contributed by atoms with Crippen LogP contribution in [0.2, 0.25) is 0 Å². The van der Waals surface area contributed by atoms with Crippen LogP contribution in [-0.2, 0) is 0 Å². The van der Waals surface area contributed by atoms with Crippen LogP contribution in [0.5, 0.6) is 0 Å². The number of urea groups is 1. The van der Waals surface area contributed by atoms with E-state index >= 15 is 0 Å². The van der Waals surface area contributed by atoms with Crippen LogP contribution in [-0.4, -0.2) is 17.2 Å². The zero-order valence-electron chi connectivity index (χ0n) is 7.00. The number of hydrogen-bond acceptors (Lipinski definition) is 3. The van der Waals surface area contributed by atoms with Gasteiger partial charge in [-0.1, -0.05) is 5.16 Å². The minimum Gasteiger partial charge on any atom is -0.363 e. The van der Waals surface area contributed by atoms with Gasteiger partial charge in [-0.25, -0.2) is 4.79 Å². The molecule has 0 saturated carbocycles. The highest BCUT2D eigenvalue weighted by atomic mass is 16.5. The second kappa shape index (κ2) is 3.75. The Kier molecular flexibility index (Phi) is 2.68. The zero-order valence-corrected chi connectivity index (χ0v) is 7.00. The van der Waals surface area contributed by atoms with E-state index in [4.69, 9.17) is 0 Å². The number of amides is 2. The molecule has 0 radical (unpaired) electrons. The molecule has 0 aliphatic heterocycles. The number of hydrogen-bond donors (Lipinski definition) is 2. The van der Waals surface area contributed by atoms with Gasteiger partial charge in [-0.05, 0) is 13.8 Å². The van der Waals surface area contributed by atoms with Crippen molar-refractivity contribution in [3.8, 4) is 0 Å². The molecule has 66 valence electrons. The molecule has 0 spiro atoms. The molecule has 5 heteroatoms. The first kappa shape index (κ1) is 8.58. The highest BCUT2D eigenvalue weighted by Crippen LogP contribution is 1.99. The average molecular weight is 169 g/mol. The van der Waals surface area contributed by atoms with Gasteiger partial charge in [0.05, 0.1) is 0 Å². The van der Waals surface area contributed by atoms with E-state index in [1.165, 1.54) is 6.26 Å². The maximum Gasteiger partial charge on any atom is 0.320 e. The summed E-state index contributed by atoms with van der Waals surface area (Å²) in [5.74, 6) is 0.410. The summed E-state index contributed by atoms with van der Waals surface area (Å²) in [6, 6.07) is 1.40. The second-order valence-corrected chi connectivity index (χ2v) is 2.64. The fourth-order valence-electron chi connectivity index (χ4n) is 0.692. The van der Waals surface area contributed by atoms with Crippen LogP contribution < -0.4 is 10.6 Å². The first-order valence-electron chi connectivity index (χ1n) is 3.66. The van der Waals surface area contributed by atoms with Crippen LogP contribution in [0.3, 0.4) is 0 Å². The van der Waals surface area contributed by atoms with E-state index in [1.807, 2.05) is 13.8 Å². The van der Waals surface area contributed by atoms with Gasteiger partial charge in [0.1, 0.15) is 6.26 Å². The minimum atomic E-state index is -0.279. The number of nitrogens with zero attached hydrogens (tertiary/aromatic N) is 1. The topological polar surface area (TPSA) is 67.2 Å². The third kappa shape index (κ3) is 2.61. The molecule has 0 aromatic carbocycles. The third-order valence-corrected chi connectivity index (χ3v) is 1.10. The summed E-state index contributed by atoms with van der Waals surface area (Å²) in [5.41, 5.74) is 0. The molecule has 0 unspecified atom stereocenters. The maximum absolute atomic E-state index is 11.0. The van der Waals surface area contributed by atoms with Gasteiger partial charge in [-0.15, -0.1) is 0 Å². The van der Waals surface area contributed by atoms with Crippen molar-refractivity contribution < 1.29 is 9.32 Å². The van der Waals surface area contributed by atoms with E-state index in [-0.39, 0.29) is 12.1 Å². The Hall–Kier alpha value is -1.52. The lowest BCUT2D eigenvalue weighted by Gasteiger charge is -2.07. The van der Waals surface area contributed by atoms with Crippen molar-refractivity contribution in [1.82, 2.24) is 10.5 Å². The van der Waals surface area contributed by atoms with Crippen LogP contribution in [0.15, 0.2) is 16.9 Å². The molecule has 0 bridgehead atoms. The summed E-state index contributed by atoms with van der Waals surface area (Å²) in [6.07, 6.45) is 1.39. The van der Waals surface area contributed by atoms with Gasteiger partial charge in [0.2, 0.25) is 0 Å². The maximum atomic E-state index is 11.0. The van der Waals surface area contributed by atoms with Crippen LogP contribution in [0.1, 0.15) is 13.8 Å². The monoisotopic (exact) mass is 169 g/mol. The van der Waals surface area contributed by atoms with Gasteiger partial charge >= 0.3 is 6.03 Å². The van der Waals surface area contributed by atoms with Crippen molar-refractivity contribution in [3.05, 3.63) is 12.3 Å². The molecule has 5 nitrogen and oxygen atoms in total. The standard InChI is InChI=1S/C7H11N3O2/c1-5(2)8-7(11)9-6-3-4-12-10-6/h3-5H,1-2H3,(H2,8,9,10,11). The largest absolute Gasteiger partial charge is 0.363 e. The average Bonchev–Trinajstić information content (AvgIpc) is 2.37. The summed E-state index contributed by atoms with van der Waals surface area (Å²) in [5, 5.41) is 8.66. The smallest absolute Gasteiger partial charge is 0.320 e. The van der Waals surface area contributed by atoms with Gasteiger partial charge in [-0.2, -0.15) is 0 Å². The van der Waals surface area contributed by atoms with Gasteiger partial charge < -0.3 is 9.84 Å². The van der Waals surface area contributed by atoms with Gasteiger partial charge in [0.25, 0.3) is 0 Å². The lowest BCUT2D eigenvalue weighted by atomic mass is 10.4. The number of carbonyl (C=O) groups is 1. The number of aromatic nitrogens is 1. The van der Waals surface area contributed by atoms with E-state index < -0.39 is 0 Å². The lowest BCUT2D eigenvalue weighted by molar-refractivity contribution is 0.249. The first-order chi connectivity index (χ1) is 5.68. The summed E-state index contributed by atoms with van der Waals surface area (Å²) in [4.78, 5) is 11.0. The van der Waals surface area contributed by atoms with Crippen LogP contribution in [0, 0.1) is 0 Å². The molecule has 0 saturated heterocycles. The molecule has 1 rings (SSSR count). The normalized spacial score (nSPS) is 9.92. The molecular weight excluding hydrogens is 158 g/mol. The Labute approximate surface area is 70.1 Å². The predicted molar refractivity (Wildman–Crippen MR) is 43.8 cm³/mol. The van der Waals surface area contributed by atoms with Gasteiger partial charge in [0.15, 0.2) is 5.82 Å². The lowest BCUT2D eigenvalue weighted by Crippen LogP contribution is -2.34. The summed E-state index contributed by atoms with van der Waals surface area (Å²) in [6.45, 7) is 3.75. The molecule has 1 heterocycles. The van der Waals surface area contributed by atoms with Gasteiger partial charge in [-0.3, -0.25) is 5.32 Å². The van der Waals surface area contributed by atoms with E-state index in [0.29, 0.717) is 5.82 Å². The molecule has 2 amide bonds. The second-order valence-electron chi connectivity index (χ2n) is 2.64. The number of anilines is 1. The molecule has 1 aromatic heterocycles. The number of rotatable bonds is 2. The van der Waals surface area contributed by atoms with Crippen molar-refractivity contribution >= 4 is 11.8 Å². The Balaban J connectivity index is 2.37. The molecular formula is C7H11N3O2. The van der Waals surface area contributed by atoms with Crippen molar-refractivity contribution in [2.24, 2.45) is 0 Å². The van der Waals surface area contributed by atoms with Crippen LogP contribution >= 0.6 is 0 Å². The Bertz CT molecular complexity index is 243. The fraction of sp³-hybridized carbons (Fsp3) is 0.429. The summed E-state index contributed by atoms with van der Waals surface area (Å²) < 4.78 is 4.53. The molecule has 0 atom stereocenters. The highest BCUT2D eigenvalue weighted by Gasteiger charge is 2.03. The summed E-state index contributed by atoms with van der Waals surface area (Å²) >= 11 is 0. The third-order valence-electron chi connectivity index (χ3n) is 1.10. The zero-order chi connectivity index (χ0) is 8.97. The molecule has 0 aliphatic rings. The molecule has 2 N–H and O–H groups in total. The minimum absolute atomic E-state index is 0.108. The van der Waals surface area contributed by atoms with Gasteiger partial charge in [0, 0.05) is 12.1 Å². The van der Waals surface area contributed by atoms with Crippen molar-refractivity contribution in [3.63, 3.8) is 0 Å². The molecule has 12 heavy (non-hydrogen) atoms. The SMILES string of the molecule is CC(C)NC(=O)Nc1ccon1. The number of carbonyl (C=O) groups excluding carboxylic acids is 1. The van der Waals surface area contributed by atoms with Crippen molar-refractivity contribution in [1.29, 1.82) is 0 Å². The van der Waals surface area contributed by atoms with E-state index in [2.05, 4.69) is 20.3 Å². The Morgan fingerprint density at radius 1 is 1.67 bits per heavy atom. The van der Waals surface area contributed by atoms with Crippen molar-refractivity contribution in [2.45, 2.75) is 19.9 Å².